The number of hydrogen-bond acceptors (Lipinski definition) is 11. The zero-order valence-electron chi connectivity index (χ0n) is 12.7. The van der Waals surface area contributed by atoms with Crippen LogP contribution in [0.25, 0.3) is 11.2 Å². The van der Waals surface area contributed by atoms with Gasteiger partial charge in [-0.1, -0.05) is 0 Å². The van der Waals surface area contributed by atoms with E-state index in [9.17, 15) is 24.1 Å². The number of nitrogens with zero attached hydrogens (tertiary/aromatic N) is 3. The molecule has 0 radical (unpaired) electrons. The van der Waals surface area contributed by atoms with Crippen LogP contribution in [-0.2, 0) is 22.7 Å². The van der Waals surface area contributed by atoms with Crippen molar-refractivity contribution < 1.29 is 37.8 Å². The average molecular weight is 409 g/mol. The number of imidazole rings is 1. The van der Waals surface area contributed by atoms with Gasteiger partial charge in [-0.3, -0.25) is 14.3 Å². The van der Waals surface area contributed by atoms with Gasteiger partial charge in [-0.05, 0) is 0 Å². The second kappa shape index (κ2) is 7.39. The Labute approximate surface area is 145 Å². The van der Waals surface area contributed by atoms with Gasteiger partial charge in [0.05, 0.1) is 6.33 Å². The number of H-pyrrole nitrogens is 1. The number of aliphatic hydroxyl groups excluding tert-OH is 2. The molecule has 140 valence electrons. The second-order valence-corrected chi connectivity index (χ2v) is 6.99. The van der Waals surface area contributed by atoms with Crippen molar-refractivity contribution in [3.05, 3.63) is 16.7 Å². The molecule has 1 aliphatic heterocycles. The van der Waals surface area contributed by atoms with Crippen LogP contribution in [0.4, 0.5) is 5.95 Å². The summed E-state index contributed by atoms with van der Waals surface area (Å²) < 4.78 is 37.0. The number of aliphatic hydroxyl groups is 2. The number of fused-ring (bicyclic) bond motifs is 1. The van der Waals surface area contributed by atoms with Crippen molar-refractivity contribution in [3.63, 3.8) is 0 Å². The Morgan fingerprint density at radius 3 is 2.81 bits per heavy atom. The topological polar surface area (TPSA) is 212 Å². The summed E-state index contributed by atoms with van der Waals surface area (Å²) in [7, 11) is -6.04. The van der Waals surface area contributed by atoms with Crippen LogP contribution in [0.2, 0.25) is 0 Å². The molecule has 3 rings (SSSR count). The van der Waals surface area contributed by atoms with Gasteiger partial charge in [0.15, 0.2) is 21.7 Å². The molecule has 0 saturated carbocycles. The van der Waals surface area contributed by atoms with E-state index < -0.39 is 53.2 Å². The van der Waals surface area contributed by atoms with Crippen LogP contribution < -0.4 is 11.3 Å². The fourth-order valence-electron chi connectivity index (χ4n) is 2.44. The summed E-state index contributed by atoms with van der Waals surface area (Å²) in [6, 6.07) is 0. The SMILES string of the molecule is Nc1nc2c(ncn2[C@@H]2O[C@H](CO[P+](=O)O[P+](=O)O)[C@@H](O)[C@H]2O)c(=O)[nH]1. The molecule has 1 fully saturated rings. The largest absolute Gasteiger partial charge is 0.747 e. The van der Waals surface area contributed by atoms with Gasteiger partial charge in [-0.25, -0.2) is 4.98 Å². The van der Waals surface area contributed by atoms with Crippen molar-refractivity contribution >= 4 is 33.6 Å². The summed E-state index contributed by atoms with van der Waals surface area (Å²) in [6.45, 7) is -0.504. The molecule has 0 aliphatic carbocycles. The Bertz CT molecular complexity index is 916. The number of nitrogen functional groups attached to an aromatic ring is 1. The summed E-state index contributed by atoms with van der Waals surface area (Å²) in [4.78, 5) is 30.3. The number of anilines is 1. The average Bonchev–Trinajstić information content (AvgIpc) is 3.08. The minimum absolute atomic E-state index is 0.0238. The summed E-state index contributed by atoms with van der Waals surface area (Å²) >= 11 is 0. The van der Waals surface area contributed by atoms with Crippen molar-refractivity contribution in [3.8, 4) is 0 Å². The van der Waals surface area contributed by atoms with Crippen LogP contribution in [0, 0.1) is 0 Å². The van der Waals surface area contributed by atoms with Crippen LogP contribution in [0.15, 0.2) is 11.1 Å². The van der Waals surface area contributed by atoms with Crippen LogP contribution >= 0.6 is 16.5 Å². The number of rotatable bonds is 6. The van der Waals surface area contributed by atoms with Crippen molar-refractivity contribution in [1.29, 1.82) is 0 Å². The van der Waals surface area contributed by atoms with Gasteiger partial charge in [0.25, 0.3) is 5.56 Å². The maximum absolute atomic E-state index is 11.8. The molecule has 14 nitrogen and oxygen atoms in total. The number of aromatic amines is 1. The lowest BCUT2D eigenvalue weighted by molar-refractivity contribution is -0.0475. The molecule has 2 aromatic heterocycles. The molecule has 2 aromatic rings. The Balaban J connectivity index is 1.79. The summed E-state index contributed by atoms with van der Waals surface area (Å²) in [6.07, 6.45) is -4.08. The summed E-state index contributed by atoms with van der Waals surface area (Å²) in [5, 5.41) is 20.3. The van der Waals surface area contributed by atoms with Gasteiger partial charge in [-0.15, -0.1) is 9.42 Å². The van der Waals surface area contributed by atoms with E-state index in [2.05, 4.69) is 23.8 Å². The predicted molar refractivity (Wildman–Crippen MR) is 83.0 cm³/mol. The molecule has 1 saturated heterocycles. The number of aromatic nitrogens is 4. The number of ether oxygens (including phenoxy) is 1. The summed E-state index contributed by atoms with van der Waals surface area (Å²) in [5.41, 5.74) is 4.87. The van der Waals surface area contributed by atoms with Gasteiger partial charge >= 0.3 is 16.5 Å². The van der Waals surface area contributed by atoms with E-state index in [0.717, 1.165) is 0 Å². The third-order valence-electron chi connectivity index (χ3n) is 3.54. The van der Waals surface area contributed by atoms with Crippen LogP contribution in [0.3, 0.4) is 0 Å². The Kier molecular flexibility index (Phi) is 5.37. The molecule has 6 N–H and O–H groups in total. The Morgan fingerprint density at radius 2 is 2.12 bits per heavy atom. The van der Waals surface area contributed by atoms with E-state index in [1.165, 1.54) is 10.9 Å². The monoisotopic (exact) mass is 409 g/mol. The maximum Gasteiger partial charge on any atom is 0.747 e. The minimum Gasteiger partial charge on any atom is -0.387 e. The van der Waals surface area contributed by atoms with E-state index in [1.54, 1.807) is 0 Å². The first-order valence-electron chi connectivity index (χ1n) is 6.96. The zero-order chi connectivity index (χ0) is 19.0. The standard InChI is InChI=1S/C10H11N5O9P2/c11-10-13-7-4(8(18)14-10)12-2-15(7)9-6(17)5(16)3(23-9)1-22-26(21)24-25(19)20/h2-3,5-6,9,16-17H,1H2,(H2-2,11,13,14,18,19,20)/p+2/t3-,5-,6-,9-/m1/s1. The first kappa shape index (κ1) is 18.9. The molecule has 26 heavy (non-hydrogen) atoms. The number of hydrogen-bond donors (Lipinski definition) is 5. The quantitative estimate of drug-likeness (QED) is 0.351. The molecule has 2 unspecified atom stereocenters. The van der Waals surface area contributed by atoms with Crippen LogP contribution in [0.5, 0.6) is 0 Å². The van der Waals surface area contributed by atoms with Crippen molar-refractivity contribution in [2.24, 2.45) is 0 Å². The van der Waals surface area contributed by atoms with Crippen molar-refractivity contribution in [2.75, 3.05) is 12.3 Å². The summed E-state index contributed by atoms with van der Waals surface area (Å²) in [5.74, 6) is -0.176. The lowest BCUT2D eigenvalue weighted by Gasteiger charge is -2.16. The van der Waals surface area contributed by atoms with Gasteiger partial charge in [0, 0.05) is 9.13 Å². The highest BCUT2D eigenvalue weighted by molar-refractivity contribution is 7.47. The molecule has 0 amide bonds. The molecule has 0 spiro atoms. The normalized spacial score (nSPS) is 27.0. The Morgan fingerprint density at radius 1 is 1.38 bits per heavy atom. The highest BCUT2D eigenvalue weighted by Crippen LogP contribution is 2.38. The van der Waals surface area contributed by atoms with Gasteiger partial charge in [0.1, 0.15) is 24.9 Å². The lowest BCUT2D eigenvalue weighted by Crippen LogP contribution is -2.33. The van der Waals surface area contributed by atoms with Crippen LogP contribution in [0.1, 0.15) is 6.23 Å². The van der Waals surface area contributed by atoms with E-state index >= 15 is 0 Å². The molecule has 0 aromatic carbocycles. The van der Waals surface area contributed by atoms with E-state index in [4.69, 9.17) is 15.4 Å². The molecule has 16 heteroatoms. The second-order valence-electron chi connectivity index (χ2n) is 5.16. The minimum atomic E-state index is -3.12. The molecular weight excluding hydrogens is 396 g/mol. The molecule has 1 aliphatic rings. The number of nitrogens with one attached hydrogen (secondary N) is 1. The van der Waals surface area contributed by atoms with Gasteiger partial charge in [0.2, 0.25) is 5.95 Å². The Hall–Kier alpha value is -1.89. The molecular formula is C10H13N5O9P2+2. The fourth-order valence-corrected chi connectivity index (χ4v) is 3.35. The number of nitrogens with two attached hydrogens (primary N) is 1. The first-order valence-corrected chi connectivity index (χ1v) is 9.19. The maximum atomic E-state index is 11.8. The van der Waals surface area contributed by atoms with Crippen LogP contribution in [-0.4, -0.2) is 59.5 Å². The third kappa shape index (κ3) is 3.63. The third-order valence-corrected chi connectivity index (χ3v) is 4.99. The smallest absolute Gasteiger partial charge is 0.387 e. The molecule has 0 bridgehead atoms. The zero-order valence-corrected chi connectivity index (χ0v) is 14.5. The van der Waals surface area contributed by atoms with Gasteiger partial charge < -0.3 is 20.7 Å². The highest BCUT2D eigenvalue weighted by atomic mass is 31.2. The highest BCUT2D eigenvalue weighted by Gasteiger charge is 2.47. The van der Waals surface area contributed by atoms with E-state index in [1.807, 2.05) is 0 Å². The van der Waals surface area contributed by atoms with E-state index in [0.29, 0.717) is 0 Å². The van der Waals surface area contributed by atoms with Crippen molar-refractivity contribution in [1.82, 2.24) is 19.5 Å². The fraction of sp³-hybridized carbons (Fsp3) is 0.500. The lowest BCUT2D eigenvalue weighted by atomic mass is 10.1. The predicted octanol–water partition coefficient (Wildman–Crippen LogP) is -1.34. The molecule has 6 atom stereocenters. The van der Waals surface area contributed by atoms with Gasteiger partial charge in [-0.2, -0.15) is 4.98 Å². The van der Waals surface area contributed by atoms with E-state index in [-0.39, 0.29) is 17.1 Å². The van der Waals surface area contributed by atoms with Crippen molar-refractivity contribution in [2.45, 2.75) is 24.5 Å². The first-order chi connectivity index (χ1) is 12.3. The molecule has 3 heterocycles.